The second kappa shape index (κ2) is 16.8. The molecule has 2 aliphatic heterocycles. The molecule has 0 bridgehead atoms. The van der Waals surface area contributed by atoms with Crippen LogP contribution in [0.3, 0.4) is 0 Å². The van der Waals surface area contributed by atoms with E-state index in [0.717, 1.165) is 12.8 Å². The zero-order valence-electron chi connectivity index (χ0n) is 33.6. The molecule has 0 saturated carbocycles. The molecule has 2 saturated heterocycles. The predicted molar refractivity (Wildman–Crippen MR) is 209 cm³/mol. The van der Waals surface area contributed by atoms with E-state index in [4.69, 9.17) is 14.3 Å². The van der Waals surface area contributed by atoms with Crippen molar-refractivity contribution in [1.82, 2.24) is 13.9 Å². The van der Waals surface area contributed by atoms with Gasteiger partial charge in [-0.3, -0.25) is 0 Å². The van der Waals surface area contributed by atoms with Gasteiger partial charge in [0.25, 0.3) is 6.79 Å². The van der Waals surface area contributed by atoms with Crippen LogP contribution in [0.1, 0.15) is 97.4 Å². The van der Waals surface area contributed by atoms with Crippen molar-refractivity contribution in [2.45, 2.75) is 96.6 Å². The molecule has 1 aliphatic carbocycles. The Hall–Kier alpha value is -4.06. The average molecular weight is 818 g/mol. The van der Waals surface area contributed by atoms with Crippen molar-refractivity contribution in [2.24, 2.45) is 39.9 Å². The molecule has 2 N–H and O–H groups in total. The topological polar surface area (TPSA) is 194 Å². The molecule has 2 fully saturated rings. The molecule has 2 heterocycles. The fourth-order valence-corrected chi connectivity index (χ4v) is 11.2. The van der Waals surface area contributed by atoms with Gasteiger partial charge >= 0.3 is 12.1 Å². The minimum atomic E-state index is -3.98. The van der Waals surface area contributed by atoms with Gasteiger partial charge in [0, 0.05) is 48.4 Å². The van der Waals surface area contributed by atoms with Crippen molar-refractivity contribution in [3.63, 3.8) is 0 Å². The van der Waals surface area contributed by atoms with Crippen molar-refractivity contribution in [1.29, 1.82) is 0 Å². The van der Waals surface area contributed by atoms with Gasteiger partial charge in [-0.25, -0.2) is 26.4 Å². The van der Waals surface area contributed by atoms with Crippen molar-refractivity contribution in [3.8, 4) is 0 Å². The molecule has 0 spiro atoms. The smallest absolute Gasteiger partial charge is 0.408 e. The van der Waals surface area contributed by atoms with Crippen LogP contribution in [0.5, 0.6) is 0 Å². The predicted octanol–water partition coefficient (Wildman–Crippen LogP) is 5.38. The summed E-state index contributed by atoms with van der Waals surface area (Å²) in [4.78, 5) is 30.9. The Morgan fingerprint density at radius 1 is 0.786 bits per heavy atom. The van der Waals surface area contributed by atoms with Crippen LogP contribution in [0, 0.1) is 29.6 Å². The normalized spacial score (nSPS) is 22.8. The maximum Gasteiger partial charge on any atom is 0.408 e. The molecule has 2 aromatic carbocycles. The number of carbonyl (C=O) groups excluding carboxylic acids is 2. The summed E-state index contributed by atoms with van der Waals surface area (Å²) in [5.74, 6) is -0.517. The summed E-state index contributed by atoms with van der Waals surface area (Å²) in [6.45, 7) is 17.3. The third kappa shape index (κ3) is 9.55. The Bertz CT molecular complexity index is 1960. The highest BCUT2D eigenvalue weighted by atomic mass is 32.2. The number of hydrogen-bond donors (Lipinski definition) is 2. The first-order chi connectivity index (χ1) is 26.1. The Morgan fingerprint density at radius 2 is 1.23 bits per heavy atom. The molecule has 0 radical (unpaired) electrons. The standard InChI is InChI=1S/C39H55N5O10S2/c1-23(2)34(40-38(46)54-39(7,8)9)37(45)52-22-53-42-36-30-12-10-28(55(48,49)43-18-24(3)14-25(4)19-43)16-32(30)35(41-47)33-17-29(11-13-31(33)36)56(50,51)44-20-26(5)15-27(6)21-44/h10-13,16-17,23-27,34,47H,14-15,18-22H2,1-9H3,(H,40,46)/t24-,25+,26-,27+,34?. The van der Waals surface area contributed by atoms with Crippen molar-refractivity contribution in [3.05, 3.63) is 58.7 Å². The van der Waals surface area contributed by atoms with E-state index < -0.39 is 50.5 Å². The molecule has 3 aliphatic rings. The van der Waals surface area contributed by atoms with Crippen LogP contribution in [-0.2, 0) is 39.2 Å². The molecule has 17 heteroatoms. The number of esters is 1. The van der Waals surface area contributed by atoms with Crippen molar-refractivity contribution < 1.29 is 45.9 Å². The van der Waals surface area contributed by atoms with E-state index >= 15 is 0 Å². The van der Waals surface area contributed by atoms with Gasteiger partial charge in [-0.2, -0.15) is 8.61 Å². The van der Waals surface area contributed by atoms with Crippen LogP contribution < -0.4 is 5.32 Å². The minimum Gasteiger partial charge on any atom is -0.444 e. The first-order valence-corrected chi connectivity index (χ1v) is 21.9. The lowest BCUT2D eigenvalue weighted by atomic mass is 9.83. The van der Waals surface area contributed by atoms with Gasteiger partial charge in [-0.15, -0.1) is 0 Å². The van der Waals surface area contributed by atoms with Gasteiger partial charge in [0.15, 0.2) is 0 Å². The van der Waals surface area contributed by atoms with E-state index in [9.17, 15) is 31.6 Å². The number of ether oxygens (including phenoxy) is 2. The lowest BCUT2D eigenvalue weighted by Gasteiger charge is -2.34. The summed E-state index contributed by atoms with van der Waals surface area (Å²) in [5, 5.41) is 20.9. The Balaban J connectivity index is 1.52. The zero-order valence-corrected chi connectivity index (χ0v) is 35.2. The molecule has 0 aromatic heterocycles. The van der Waals surface area contributed by atoms with Crippen LogP contribution in [-0.4, -0.2) is 98.8 Å². The highest BCUT2D eigenvalue weighted by Crippen LogP contribution is 2.35. The first kappa shape index (κ1) is 43.1. The molecule has 1 unspecified atom stereocenters. The van der Waals surface area contributed by atoms with Gasteiger partial charge in [0.2, 0.25) is 20.0 Å². The average Bonchev–Trinajstić information content (AvgIpc) is 3.09. The molecular formula is C39H55N5O10S2. The zero-order chi connectivity index (χ0) is 41.3. The second-order valence-electron chi connectivity index (χ2n) is 16.9. The van der Waals surface area contributed by atoms with Crippen molar-refractivity contribution in [2.75, 3.05) is 33.0 Å². The number of piperidine rings is 2. The number of alkyl carbamates (subject to hydrolysis) is 1. The highest BCUT2D eigenvalue weighted by molar-refractivity contribution is 7.89. The number of benzene rings is 2. The monoisotopic (exact) mass is 817 g/mol. The maximum atomic E-state index is 14.0. The summed E-state index contributed by atoms with van der Waals surface area (Å²) in [5.41, 5.74) is 0.327. The third-order valence-electron chi connectivity index (χ3n) is 10.1. The van der Waals surface area contributed by atoms with E-state index in [-0.39, 0.29) is 61.9 Å². The summed E-state index contributed by atoms with van der Waals surface area (Å²) in [7, 11) is -7.96. The summed E-state index contributed by atoms with van der Waals surface area (Å²) in [6, 6.07) is 7.68. The Kier molecular flexibility index (Phi) is 12.9. The number of amides is 1. The number of hydrogen-bond acceptors (Lipinski definition) is 12. The van der Waals surface area contributed by atoms with E-state index in [2.05, 4.69) is 15.6 Å². The second-order valence-corrected chi connectivity index (χ2v) is 20.8. The summed E-state index contributed by atoms with van der Waals surface area (Å²) >= 11 is 0. The van der Waals surface area contributed by atoms with Gasteiger partial charge in [0.1, 0.15) is 23.1 Å². The van der Waals surface area contributed by atoms with Crippen LogP contribution in [0.25, 0.3) is 0 Å². The minimum absolute atomic E-state index is 0.0337. The molecule has 1 amide bonds. The van der Waals surface area contributed by atoms with Crippen LogP contribution in [0.15, 0.2) is 56.5 Å². The SMILES string of the molecule is CC(C)C(NC(=O)OC(C)(C)C)C(=O)OCON=C1c2ccc(S(=O)(=O)N3C[C@H](C)C[C@H](C)C3)cc2C(=NO)c2cc(S(=O)(=O)N3C[C@H](C)C[C@H](C)C3)ccc21. The first-order valence-electron chi connectivity index (χ1n) is 19.0. The highest BCUT2D eigenvalue weighted by Gasteiger charge is 2.37. The largest absolute Gasteiger partial charge is 0.444 e. The number of sulfonamides is 2. The maximum absolute atomic E-state index is 14.0. The lowest BCUT2D eigenvalue weighted by Crippen LogP contribution is -2.47. The summed E-state index contributed by atoms with van der Waals surface area (Å²) in [6.07, 6.45) is 1.02. The van der Waals surface area contributed by atoms with E-state index in [0.29, 0.717) is 37.3 Å². The number of nitrogens with one attached hydrogen (secondary N) is 1. The molecule has 15 nitrogen and oxygen atoms in total. The van der Waals surface area contributed by atoms with Crippen LogP contribution in [0.4, 0.5) is 4.79 Å². The molecular weight excluding hydrogens is 763 g/mol. The fraction of sp³-hybridized carbons (Fsp3) is 0.590. The van der Waals surface area contributed by atoms with Gasteiger partial charge in [0.05, 0.1) is 9.79 Å². The fourth-order valence-electron chi connectivity index (χ4n) is 7.77. The number of rotatable bonds is 10. The van der Waals surface area contributed by atoms with Crippen LogP contribution >= 0.6 is 0 Å². The van der Waals surface area contributed by atoms with Gasteiger partial charge < -0.3 is 24.8 Å². The van der Waals surface area contributed by atoms with Gasteiger partial charge in [-0.1, -0.05) is 64.0 Å². The number of carbonyl (C=O) groups is 2. The molecule has 5 atom stereocenters. The lowest BCUT2D eigenvalue weighted by molar-refractivity contribution is -0.160. The van der Waals surface area contributed by atoms with Crippen molar-refractivity contribution >= 4 is 43.5 Å². The van der Waals surface area contributed by atoms with E-state index in [1.165, 1.54) is 45.0 Å². The van der Waals surface area contributed by atoms with E-state index in [1.54, 1.807) is 34.6 Å². The summed E-state index contributed by atoms with van der Waals surface area (Å²) < 4.78 is 69.6. The Morgan fingerprint density at radius 3 is 1.62 bits per heavy atom. The molecule has 56 heavy (non-hydrogen) atoms. The molecule has 308 valence electrons. The van der Waals surface area contributed by atoms with Gasteiger partial charge in [-0.05, 0) is 87.5 Å². The van der Waals surface area contributed by atoms with E-state index in [1.807, 2.05) is 27.7 Å². The molecule has 2 aromatic rings. The third-order valence-corrected chi connectivity index (χ3v) is 13.7. The number of fused-ring (bicyclic) bond motifs is 2. The van der Waals surface area contributed by atoms with Crippen LogP contribution in [0.2, 0.25) is 0 Å². The Labute approximate surface area is 330 Å². The number of nitrogens with zero attached hydrogens (tertiary/aromatic N) is 4. The quantitative estimate of drug-likeness (QED) is 0.0883. The molecule has 5 rings (SSSR count). The number of oxime groups is 2.